The highest BCUT2D eigenvalue weighted by molar-refractivity contribution is 8.13. The van der Waals surface area contributed by atoms with Crippen LogP contribution in [0.3, 0.4) is 0 Å². The Morgan fingerprint density at radius 2 is 1.62 bits per heavy atom. The highest BCUT2D eigenvalue weighted by Crippen LogP contribution is 2.30. The maximum absolute atomic E-state index is 12.7. The molecule has 1 atom stereocenters. The molecule has 1 fully saturated rings. The van der Waals surface area contributed by atoms with E-state index in [0.29, 0.717) is 6.54 Å². The van der Waals surface area contributed by atoms with Crippen LogP contribution in [0.15, 0.2) is 34.1 Å². The second-order valence-corrected chi connectivity index (χ2v) is 9.94. The molecular formula is C13H18ClNO4S2. The normalized spacial score (nSPS) is 21.0. The summed E-state index contributed by atoms with van der Waals surface area (Å²) in [4.78, 5) is -0.0101. The summed E-state index contributed by atoms with van der Waals surface area (Å²) >= 11 is 0. The van der Waals surface area contributed by atoms with Crippen LogP contribution < -0.4 is 0 Å². The Labute approximate surface area is 130 Å². The summed E-state index contributed by atoms with van der Waals surface area (Å²) < 4.78 is 49.2. The van der Waals surface area contributed by atoms with Crippen molar-refractivity contribution in [1.82, 2.24) is 4.31 Å². The van der Waals surface area contributed by atoms with Gasteiger partial charge in [-0.25, -0.2) is 16.8 Å². The van der Waals surface area contributed by atoms with Crippen molar-refractivity contribution in [2.24, 2.45) is 5.92 Å². The van der Waals surface area contributed by atoms with Crippen molar-refractivity contribution in [3.05, 3.63) is 24.3 Å². The summed E-state index contributed by atoms with van der Waals surface area (Å²) in [6.45, 7) is 4.50. The lowest BCUT2D eigenvalue weighted by Crippen LogP contribution is -2.38. The summed E-state index contributed by atoms with van der Waals surface area (Å²) in [5.74, 6) is 0.241. The molecule has 1 heterocycles. The van der Waals surface area contributed by atoms with Gasteiger partial charge in [-0.1, -0.05) is 13.8 Å². The first-order chi connectivity index (χ1) is 9.64. The largest absolute Gasteiger partial charge is 0.261 e. The molecule has 1 aliphatic rings. The number of hydrogen-bond acceptors (Lipinski definition) is 4. The highest BCUT2D eigenvalue weighted by Gasteiger charge is 2.36. The minimum Gasteiger partial charge on any atom is -0.207 e. The first kappa shape index (κ1) is 16.7. The van der Waals surface area contributed by atoms with Crippen molar-refractivity contribution >= 4 is 29.8 Å². The molecule has 2 rings (SSSR count). The van der Waals surface area contributed by atoms with E-state index in [-0.39, 0.29) is 21.8 Å². The van der Waals surface area contributed by atoms with Crippen LogP contribution in [0.5, 0.6) is 0 Å². The molecule has 0 amide bonds. The molecule has 1 unspecified atom stereocenters. The second kappa shape index (κ2) is 5.87. The fraction of sp³-hybridized carbons (Fsp3) is 0.538. The van der Waals surface area contributed by atoms with Gasteiger partial charge in [0, 0.05) is 23.3 Å². The van der Waals surface area contributed by atoms with E-state index >= 15 is 0 Å². The Kier molecular flexibility index (Phi) is 4.68. The van der Waals surface area contributed by atoms with Crippen LogP contribution in [0.4, 0.5) is 0 Å². The van der Waals surface area contributed by atoms with Crippen LogP contribution >= 0.6 is 10.7 Å². The predicted octanol–water partition coefficient (Wildman–Crippen LogP) is 2.42. The Balaban J connectivity index is 2.36. The standard InChI is InChI=1S/C13H18ClNO4S2/c1-10(2)13-4-3-9-15(13)21(18,19)12-7-5-11(6-8-12)20(14,16)17/h5-8,10,13H,3-4,9H2,1-2H3. The third-order valence-electron chi connectivity index (χ3n) is 3.73. The van der Waals surface area contributed by atoms with E-state index in [2.05, 4.69) is 0 Å². The van der Waals surface area contributed by atoms with Crippen LogP contribution in [0.1, 0.15) is 26.7 Å². The number of benzene rings is 1. The van der Waals surface area contributed by atoms with Gasteiger partial charge in [0.05, 0.1) is 9.79 Å². The molecule has 8 heteroatoms. The van der Waals surface area contributed by atoms with Crippen molar-refractivity contribution in [3.8, 4) is 0 Å². The van der Waals surface area contributed by atoms with Gasteiger partial charge >= 0.3 is 0 Å². The zero-order valence-electron chi connectivity index (χ0n) is 11.9. The average Bonchev–Trinajstić information content (AvgIpc) is 2.88. The van der Waals surface area contributed by atoms with Gasteiger partial charge in [0.25, 0.3) is 9.05 Å². The third-order valence-corrected chi connectivity index (χ3v) is 7.04. The monoisotopic (exact) mass is 351 g/mol. The van der Waals surface area contributed by atoms with Gasteiger partial charge in [-0.15, -0.1) is 0 Å². The molecule has 0 saturated carbocycles. The summed E-state index contributed by atoms with van der Waals surface area (Å²) in [7, 11) is -2.21. The van der Waals surface area contributed by atoms with E-state index in [0.717, 1.165) is 12.8 Å². The SMILES string of the molecule is CC(C)C1CCCN1S(=O)(=O)c1ccc(S(=O)(=O)Cl)cc1. The molecule has 0 bridgehead atoms. The lowest BCUT2D eigenvalue weighted by molar-refractivity contribution is 0.316. The Morgan fingerprint density at radius 1 is 1.10 bits per heavy atom. The van der Waals surface area contributed by atoms with Gasteiger partial charge in [0.1, 0.15) is 0 Å². The molecule has 1 saturated heterocycles. The number of nitrogens with zero attached hydrogens (tertiary/aromatic N) is 1. The van der Waals surface area contributed by atoms with Gasteiger partial charge < -0.3 is 0 Å². The highest BCUT2D eigenvalue weighted by atomic mass is 35.7. The smallest absolute Gasteiger partial charge is 0.207 e. The van der Waals surface area contributed by atoms with Crippen molar-refractivity contribution in [2.45, 2.75) is 42.5 Å². The quantitative estimate of drug-likeness (QED) is 0.781. The van der Waals surface area contributed by atoms with Gasteiger partial charge in [0.15, 0.2) is 0 Å². The molecular weight excluding hydrogens is 334 g/mol. The van der Waals surface area contributed by atoms with Gasteiger partial charge in [-0.05, 0) is 43.0 Å². The molecule has 5 nitrogen and oxygen atoms in total. The molecule has 0 radical (unpaired) electrons. The lowest BCUT2D eigenvalue weighted by atomic mass is 10.0. The van der Waals surface area contributed by atoms with Crippen molar-refractivity contribution in [3.63, 3.8) is 0 Å². The summed E-state index contributed by atoms with van der Waals surface area (Å²) in [5.41, 5.74) is 0. The second-order valence-electron chi connectivity index (χ2n) is 5.48. The molecule has 0 aliphatic carbocycles. The number of hydrogen-bond donors (Lipinski definition) is 0. The minimum absolute atomic E-state index is 0.00793. The van der Waals surface area contributed by atoms with Gasteiger partial charge in [-0.3, -0.25) is 0 Å². The summed E-state index contributed by atoms with van der Waals surface area (Å²) in [6.07, 6.45) is 1.70. The van der Waals surface area contributed by atoms with Crippen LogP contribution in [-0.2, 0) is 19.1 Å². The lowest BCUT2D eigenvalue weighted by Gasteiger charge is -2.26. The Bertz CT molecular complexity index is 711. The van der Waals surface area contributed by atoms with E-state index in [1.807, 2.05) is 13.8 Å². The van der Waals surface area contributed by atoms with Gasteiger partial charge in [0.2, 0.25) is 10.0 Å². The van der Waals surface area contributed by atoms with Crippen molar-refractivity contribution < 1.29 is 16.8 Å². The van der Waals surface area contributed by atoms with E-state index in [1.165, 1.54) is 28.6 Å². The molecule has 1 aromatic rings. The topological polar surface area (TPSA) is 71.5 Å². The number of sulfonamides is 1. The number of rotatable bonds is 4. The van der Waals surface area contributed by atoms with E-state index in [4.69, 9.17) is 10.7 Å². The fourth-order valence-electron chi connectivity index (χ4n) is 2.64. The van der Waals surface area contributed by atoms with E-state index in [9.17, 15) is 16.8 Å². The van der Waals surface area contributed by atoms with E-state index in [1.54, 1.807) is 0 Å². The third kappa shape index (κ3) is 3.41. The van der Waals surface area contributed by atoms with Crippen LogP contribution in [0, 0.1) is 5.92 Å². The fourth-order valence-corrected chi connectivity index (χ4v) is 5.24. The van der Waals surface area contributed by atoms with Crippen molar-refractivity contribution in [2.75, 3.05) is 6.54 Å². The molecule has 21 heavy (non-hydrogen) atoms. The Morgan fingerprint density at radius 3 is 2.10 bits per heavy atom. The average molecular weight is 352 g/mol. The zero-order valence-corrected chi connectivity index (χ0v) is 14.2. The number of halogens is 1. The summed E-state index contributed by atoms with van der Waals surface area (Å²) in [5, 5.41) is 0. The molecule has 0 spiro atoms. The van der Waals surface area contributed by atoms with Crippen LogP contribution in [0.25, 0.3) is 0 Å². The maximum Gasteiger partial charge on any atom is 0.261 e. The first-order valence-corrected chi connectivity index (χ1v) is 10.5. The minimum atomic E-state index is -3.84. The summed E-state index contributed by atoms with van der Waals surface area (Å²) in [6, 6.07) is 5.01. The molecule has 1 aromatic carbocycles. The van der Waals surface area contributed by atoms with E-state index < -0.39 is 19.1 Å². The van der Waals surface area contributed by atoms with Crippen LogP contribution in [0.2, 0.25) is 0 Å². The predicted molar refractivity (Wildman–Crippen MR) is 81.2 cm³/mol. The molecule has 1 aliphatic heterocycles. The molecule has 0 aromatic heterocycles. The first-order valence-electron chi connectivity index (χ1n) is 6.70. The zero-order chi connectivity index (χ0) is 15.8. The maximum atomic E-state index is 12.7. The Hall–Kier alpha value is -0.630. The van der Waals surface area contributed by atoms with Crippen molar-refractivity contribution in [1.29, 1.82) is 0 Å². The van der Waals surface area contributed by atoms with Crippen LogP contribution in [-0.4, -0.2) is 33.7 Å². The molecule has 0 N–H and O–H groups in total. The molecule has 118 valence electrons. The van der Waals surface area contributed by atoms with Gasteiger partial charge in [-0.2, -0.15) is 4.31 Å².